The predicted molar refractivity (Wildman–Crippen MR) is 13.8 cm³/mol. The van der Waals surface area contributed by atoms with Crippen LogP contribution in [0.2, 0.25) is 0 Å². The maximum absolute atomic E-state index is 3.59. The van der Waals surface area contributed by atoms with E-state index < -0.39 is 0 Å². The molecule has 0 N–H and O–H groups in total. The summed E-state index contributed by atoms with van der Waals surface area (Å²) >= 11 is 1.01. The summed E-state index contributed by atoms with van der Waals surface area (Å²) in [5, 5.41) is 0. The second-order valence-corrected chi connectivity index (χ2v) is 2.35. The van der Waals surface area contributed by atoms with E-state index >= 15 is 0 Å². The first-order valence-electron chi connectivity index (χ1n) is 0.283. The van der Waals surface area contributed by atoms with Gasteiger partial charge in [0.1, 0.15) is 0 Å². The molecule has 0 atom stereocenters. The fraction of sp³-hybridized carbons (Fsp3) is 0. The van der Waals surface area contributed by atoms with Gasteiger partial charge in [-0.15, -0.1) is 0 Å². The van der Waals surface area contributed by atoms with Crippen molar-refractivity contribution in [2.75, 3.05) is 0 Å². The van der Waals surface area contributed by atoms with Gasteiger partial charge < -0.3 is 0 Å². The Morgan fingerprint density at radius 1 is 1.25 bits per heavy atom. The molecule has 0 fully saturated rings. The van der Waals surface area contributed by atoms with Gasteiger partial charge in [-0.3, -0.25) is 0 Å². The Hall–Kier alpha value is 1.86. The number of hydrogen-bond donors (Lipinski definition) is 0. The Morgan fingerprint density at radius 3 is 1.25 bits per heavy atom. The van der Waals surface area contributed by atoms with Crippen LogP contribution < -0.4 is 0 Å². The van der Waals surface area contributed by atoms with Crippen molar-refractivity contribution in [1.82, 2.24) is 0 Å². The monoisotopic (exact) mass is 179 g/mol. The number of hydrogen-bond acceptors (Lipinski definition) is 0. The van der Waals surface area contributed by atoms with E-state index in [2.05, 4.69) is 14.7 Å². The molecule has 29 valence electrons. The van der Waals surface area contributed by atoms with Crippen LogP contribution in [0.15, 0.2) is 0 Å². The van der Waals surface area contributed by atoms with Crippen molar-refractivity contribution < 1.29 is 29.0 Å². The first-order chi connectivity index (χ1) is 1.41. The Kier molecular flexibility index (Phi) is 20.6. The summed E-state index contributed by atoms with van der Waals surface area (Å²) < 4.78 is 0. The van der Waals surface area contributed by atoms with E-state index in [-0.39, 0.29) is 16.8 Å². The third-order valence-electron chi connectivity index (χ3n) is 0. The quantitative estimate of drug-likeness (QED) is 0.392. The molecule has 0 rings (SSSR count). The minimum absolute atomic E-state index is 0. The van der Waals surface area contributed by atoms with Gasteiger partial charge in [-0.1, -0.05) is 0 Å². The number of rotatable bonds is 0. The Bertz CT molecular complexity index is 79.2. The van der Waals surface area contributed by atoms with Crippen molar-refractivity contribution in [3.63, 3.8) is 0 Å². The van der Waals surface area contributed by atoms with Crippen LogP contribution >= 0.6 is 14.7 Å². The Balaban J connectivity index is 0. The van der Waals surface area contributed by atoms with Gasteiger partial charge in [0, 0.05) is 16.8 Å². The molecule has 0 nitrogen and oxygen atoms in total. The summed E-state index contributed by atoms with van der Waals surface area (Å²) in [6, 6.07) is 0. The molecule has 0 bridgehead atoms. The molecule has 0 aromatic heterocycles. The van der Waals surface area contributed by atoms with E-state index in [0.29, 0.717) is 0 Å². The molecule has 0 amide bonds. The van der Waals surface area contributed by atoms with Gasteiger partial charge in [0.05, 0.1) is 0 Å². The molecule has 0 aliphatic rings. The van der Waals surface area contributed by atoms with Crippen LogP contribution in [-0.2, 0) is 29.0 Å². The van der Waals surface area contributed by atoms with Crippen LogP contribution in [0.4, 0.5) is 0 Å². The van der Waals surface area contributed by atoms with Crippen molar-refractivity contribution in [2.24, 2.45) is 0 Å². The topological polar surface area (TPSA) is 0 Å². The Morgan fingerprint density at radius 2 is 1.25 bits per heavy atom. The average Bonchev–Trinajstić information content (AvgIpc) is 0.918. The molecule has 0 aromatic carbocycles. The van der Waals surface area contributed by atoms with E-state index in [0.717, 1.165) is 12.2 Å². The van der Waals surface area contributed by atoms with E-state index in [1.54, 1.807) is 0 Å². The zero-order valence-electron chi connectivity index (χ0n) is 1.54. The van der Waals surface area contributed by atoms with Crippen LogP contribution in [0.5, 0.6) is 0 Å². The molecule has 0 aromatic rings. The van der Waals surface area contributed by atoms with Gasteiger partial charge in [-0.05, 0) is 0 Å². The van der Waals surface area contributed by atoms with E-state index in [1.165, 1.54) is 0 Å². The fourth-order valence-electron chi connectivity index (χ4n) is 0. The van der Waals surface area contributed by atoms with Gasteiger partial charge in [-0.25, -0.2) is 0 Å². The summed E-state index contributed by atoms with van der Waals surface area (Å²) in [5.41, 5.74) is 0. The van der Waals surface area contributed by atoms with Crippen LogP contribution in [0.1, 0.15) is 0 Å². The second kappa shape index (κ2) is 8.85. The van der Waals surface area contributed by atoms with Crippen LogP contribution in [0, 0.1) is 0 Å². The summed E-state index contributed by atoms with van der Waals surface area (Å²) in [6.07, 6.45) is 0. The van der Waals surface area contributed by atoms with Crippen molar-refractivity contribution in [3.8, 4) is 0 Å². The summed E-state index contributed by atoms with van der Waals surface area (Å²) in [4.78, 5) is 0. The minimum atomic E-state index is 0. The normalized spacial score (nSPS) is 3.50. The molecule has 0 saturated carbocycles. The van der Waals surface area contributed by atoms with Crippen molar-refractivity contribution in [2.45, 2.75) is 0 Å². The van der Waals surface area contributed by atoms with Crippen LogP contribution in [0.3, 0.4) is 0 Å². The molecule has 4 heavy (non-hydrogen) atoms. The molecule has 0 spiro atoms. The average molecular weight is 180 g/mol. The van der Waals surface area contributed by atoms with Crippen LogP contribution in [-0.4, -0.2) is 0 Å². The molecule has 0 saturated heterocycles. The first kappa shape index (κ1) is 9.29. The van der Waals surface area contributed by atoms with Gasteiger partial charge in [-0.2, -0.15) is 0 Å². The molecular formula is CoNiP2. The maximum atomic E-state index is 3.59. The molecule has 0 unspecified atom stereocenters. The molecule has 0 heterocycles. The molecule has 4 heteroatoms. The van der Waals surface area contributed by atoms with E-state index in [9.17, 15) is 0 Å². The van der Waals surface area contributed by atoms with Crippen molar-refractivity contribution in [1.29, 1.82) is 0 Å². The molecule has 1 radical (unpaired) electrons. The van der Waals surface area contributed by atoms with E-state index in [1.807, 2.05) is 0 Å². The first-order valence-corrected chi connectivity index (χ1v) is 3.50. The summed E-state index contributed by atoms with van der Waals surface area (Å²) in [5.74, 6) is 0. The molecular weight excluding hydrogens is 180 g/mol. The van der Waals surface area contributed by atoms with Crippen molar-refractivity contribution in [3.05, 3.63) is 0 Å². The zero-order chi connectivity index (χ0) is 2.71. The standard InChI is InChI=1S/Co.Ni.2P. The summed E-state index contributed by atoms with van der Waals surface area (Å²) in [6.45, 7) is 0. The molecule has 0 aliphatic carbocycles. The third kappa shape index (κ3) is 9.13. The van der Waals surface area contributed by atoms with Gasteiger partial charge in [0.15, 0.2) is 0 Å². The van der Waals surface area contributed by atoms with Crippen LogP contribution in [0.25, 0.3) is 0 Å². The molecule has 0 aliphatic heterocycles. The van der Waals surface area contributed by atoms with Gasteiger partial charge in [0.2, 0.25) is 0 Å². The van der Waals surface area contributed by atoms with Gasteiger partial charge in [0.25, 0.3) is 0 Å². The summed E-state index contributed by atoms with van der Waals surface area (Å²) in [7, 11) is 7.18. The fourth-order valence-corrected chi connectivity index (χ4v) is 0. The second-order valence-electron chi connectivity index (χ2n) is 0.0632. The SMILES string of the molecule is [Co].[P]#[Ni]#[P]. The van der Waals surface area contributed by atoms with Crippen molar-refractivity contribution >= 4 is 14.7 Å². The third-order valence-corrected chi connectivity index (χ3v) is 0. The van der Waals surface area contributed by atoms with E-state index in [4.69, 9.17) is 0 Å². The predicted octanol–water partition coefficient (Wildman–Crippen LogP) is 1.72. The zero-order valence-corrected chi connectivity index (χ0v) is 5.36. The Labute approximate surface area is 43.9 Å². The van der Waals surface area contributed by atoms with Gasteiger partial charge >= 0.3 is 26.9 Å².